The monoisotopic (exact) mass is 488 g/mol. The maximum absolute atomic E-state index is 11.8. The molecule has 0 aliphatic carbocycles. The second-order valence-corrected chi connectivity index (χ2v) is 8.98. The summed E-state index contributed by atoms with van der Waals surface area (Å²) in [6.07, 6.45) is 1.17. The third kappa shape index (κ3) is 6.30. The summed E-state index contributed by atoms with van der Waals surface area (Å²) in [4.78, 5) is 13.6. The number of rotatable bonds is 7. The van der Waals surface area contributed by atoms with Gasteiger partial charge in [-0.2, -0.15) is 0 Å². The average Bonchev–Trinajstić information content (AvgIpc) is 2.86. The van der Waals surface area contributed by atoms with Crippen molar-refractivity contribution in [3.8, 4) is 5.75 Å². The first-order valence-corrected chi connectivity index (χ1v) is 11.8. The van der Waals surface area contributed by atoms with Crippen molar-refractivity contribution in [3.05, 3.63) is 64.2 Å². The summed E-state index contributed by atoms with van der Waals surface area (Å²) in [5, 5.41) is 22.5. The molecule has 2 atom stereocenters. The highest BCUT2D eigenvalue weighted by atomic mass is 35.5. The Balaban J connectivity index is 0.000000588. The van der Waals surface area contributed by atoms with Gasteiger partial charge in [0.1, 0.15) is 18.5 Å². The summed E-state index contributed by atoms with van der Waals surface area (Å²) >= 11 is 6.23. The molecule has 2 aliphatic heterocycles. The van der Waals surface area contributed by atoms with Crippen LogP contribution in [0.5, 0.6) is 5.75 Å². The molecule has 4 rings (SSSR count). The van der Waals surface area contributed by atoms with Crippen LogP contribution in [0.3, 0.4) is 0 Å². The Morgan fingerprint density at radius 3 is 2.56 bits per heavy atom. The van der Waals surface area contributed by atoms with Gasteiger partial charge in [-0.05, 0) is 67.3 Å². The number of nitrogens with one attached hydrogen (secondary N) is 1. The first-order valence-electron chi connectivity index (χ1n) is 11.4. The third-order valence-corrected chi connectivity index (χ3v) is 6.14. The zero-order valence-electron chi connectivity index (χ0n) is 19.8. The number of aliphatic hydroxyl groups is 2. The minimum atomic E-state index is -0.911. The van der Waals surface area contributed by atoms with Crippen LogP contribution in [0, 0.1) is 0 Å². The minimum absolute atomic E-state index is 0.0243. The number of hydrogen-bond acceptors (Lipinski definition) is 6. The van der Waals surface area contributed by atoms with Crippen LogP contribution in [0.25, 0.3) is 5.57 Å². The molecular formula is C26H33ClN2O5. The highest BCUT2D eigenvalue weighted by Gasteiger charge is 2.33. The van der Waals surface area contributed by atoms with Gasteiger partial charge in [-0.25, -0.2) is 0 Å². The number of halogens is 1. The van der Waals surface area contributed by atoms with E-state index < -0.39 is 6.10 Å². The number of aliphatic hydroxyl groups excluding tert-OH is 2. The molecule has 0 bridgehead atoms. The number of hydrogen-bond donors (Lipinski definition) is 3. The minimum Gasteiger partial charge on any atom is -0.491 e. The predicted octanol–water partition coefficient (Wildman–Crippen LogP) is 3.90. The highest BCUT2D eigenvalue weighted by Crippen LogP contribution is 2.44. The normalized spacial score (nSPS) is 17.7. The van der Waals surface area contributed by atoms with Gasteiger partial charge >= 0.3 is 0 Å². The molecule has 0 aromatic heterocycles. The molecule has 0 radical (unpaired) electrons. The molecule has 1 amide bonds. The van der Waals surface area contributed by atoms with Gasteiger partial charge < -0.3 is 29.9 Å². The van der Waals surface area contributed by atoms with E-state index in [9.17, 15) is 9.90 Å². The van der Waals surface area contributed by atoms with E-state index in [4.69, 9.17) is 26.2 Å². The molecule has 2 aliphatic rings. The van der Waals surface area contributed by atoms with Gasteiger partial charge in [0.2, 0.25) is 6.41 Å². The van der Waals surface area contributed by atoms with E-state index in [1.165, 1.54) is 11.1 Å². The number of carbonyl (C=O) groups excluding carboxylic acids is 1. The van der Waals surface area contributed by atoms with Gasteiger partial charge in [0.15, 0.2) is 0 Å². The topological polar surface area (TPSA) is 91.3 Å². The standard InChI is InChI=1S/C22H23ClN2O4.C4H10O/c23-15-3-6-21-19(9-15)18-7-8-25(13-27)22(20(18)10-24-21)14-1-4-17(5-2-14)29-12-16(28)11-26;1-4(2)5-3/h1-6,9,13,16,22,24,26,28H,7-8,10-12H2;4H,1-3H3. The summed E-state index contributed by atoms with van der Waals surface area (Å²) in [5.74, 6) is 0.600. The molecular weight excluding hydrogens is 456 g/mol. The number of carbonyl (C=O) groups is 1. The molecule has 0 saturated carbocycles. The highest BCUT2D eigenvalue weighted by molar-refractivity contribution is 6.30. The molecule has 184 valence electrons. The molecule has 0 saturated heterocycles. The third-order valence-electron chi connectivity index (χ3n) is 5.90. The van der Waals surface area contributed by atoms with E-state index in [1.807, 2.05) is 61.2 Å². The molecule has 7 nitrogen and oxygen atoms in total. The number of methoxy groups -OCH3 is 1. The predicted molar refractivity (Wildman–Crippen MR) is 134 cm³/mol. The number of benzene rings is 2. The Labute approximate surface area is 205 Å². The number of anilines is 1. The van der Waals surface area contributed by atoms with E-state index in [2.05, 4.69) is 5.32 Å². The Bertz CT molecular complexity index is 993. The van der Waals surface area contributed by atoms with E-state index in [1.54, 1.807) is 7.11 Å². The van der Waals surface area contributed by atoms with Crippen molar-refractivity contribution in [2.24, 2.45) is 0 Å². The van der Waals surface area contributed by atoms with Crippen LogP contribution in [0.1, 0.15) is 37.4 Å². The fourth-order valence-electron chi connectivity index (χ4n) is 4.02. The first-order chi connectivity index (χ1) is 16.4. The van der Waals surface area contributed by atoms with Crippen LogP contribution in [0.15, 0.2) is 48.0 Å². The summed E-state index contributed by atoms with van der Waals surface area (Å²) in [5.41, 5.74) is 5.58. The molecule has 0 spiro atoms. The molecule has 8 heteroatoms. The van der Waals surface area contributed by atoms with Crippen LogP contribution < -0.4 is 10.1 Å². The van der Waals surface area contributed by atoms with Crippen LogP contribution >= 0.6 is 11.6 Å². The van der Waals surface area contributed by atoms with Crippen molar-refractivity contribution in [1.29, 1.82) is 0 Å². The molecule has 3 N–H and O–H groups in total. The number of nitrogens with zero attached hydrogens (tertiary/aromatic N) is 1. The molecule has 2 unspecified atom stereocenters. The van der Waals surface area contributed by atoms with Crippen molar-refractivity contribution in [3.63, 3.8) is 0 Å². The van der Waals surface area contributed by atoms with Crippen molar-refractivity contribution < 1.29 is 24.5 Å². The zero-order chi connectivity index (χ0) is 24.7. The van der Waals surface area contributed by atoms with Crippen LogP contribution in [-0.2, 0) is 9.53 Å². The van der Waals surface area contributed by atoms with E-state index >= 15 is 0 Å². The second kappa shape index (κ2) is 12.2. The van der Waals surface area contributed by atoms with Crippen molar-refractivity contribution in [2.45, 2.75) is 38.5 Å². The van der Waals surface area contributed by atoms with Gasteiger partial charge in [-0.1, -0.05) is 23.7 Å². The lowest BCUT2D eigenvalue weighted by atomic mass is 9.82. The summed E-state index contributed by atoms with van der Waals surface area (Å²) in [6, 6.07) is 13.2. The quantitative estimate of drug-likeness (QED) is 0.512. The Morgan fingerprint density at radius 2 is 1.94 bits per heavy atom. The van der Waals surface area contributed by atoms with Gasteiger partial charge in [0.05, 0.1) is 18.8 Å². The van der Waals surface area contributed by atoms with Gasteiger partial charge in [0.25, 0.3) is 0 Å². The van der Waals surface area contributed by atoms with E-state index in [0.717, 1.165) is 29.6 Å². The van der Waals surface area contributed by atoms with Crippen LogP contribution in [-0.4, -0.2) is 67.1 Å². The van der Waals surface area contributed by atoms with Crippen LogP contribution in [0.4, 0.5) is 5.69 Å². The lowest BCUT2D eigenvalue weighted by Gasteiger charge is -2.40. The Hall–Kier alpha value is -2.58. The maximum atomic E-state index is 11.8. The summed E-state index contributed by atoms with van der Waals surface area (Å²) < 4.78 is 10.2. The van der Waals surface area contributed by atoms with Gasteiger partial charge in [-0.15, -0.1) is 0 Å². The van der Waals surface area contributed by atoms with Crippen molar-refractivity contribution in [1.82, 2.24) is 4.90 Å². The summed E-state index contributed by atoms with van der Waals surface area (Å²) in [6.45, 7) is 4.99. The lowest BCUT2D eigenvalue weighted by Crippen LogP contribution is -2.37. The fraction of sp³-hybridized carbons (Fsp3) is 0.423. The number of amides is 1. The van der Waals surface area contributed by atoms with Gasteiger partial charge in [-0.3, -0.25) is 4.79 Å². The molecule has 2 aromatic rings. The zero-order valence-corrected chi connectivity index (χ0v) is 20.6. The summed E-state index contributed by atoms with van der Waals surface area (Å²) in [7, 11) is 1.70. The van der Waals surface area contributed by atoms with Crippen LogP contribution in [0.2, 0.25) is 5.02 Å². The second-order valence-electron chi connectivity index (χ2n) is 8.54. The SMILES string of the molecule is COC(C)C.O=CN1CCC2=C(CNc3ccc(Cl)cc32)C1c1ccc(OCC(O)CO)cc1. The number of fused-ring (bicyclic) bond motifs is 2. The average molecular weight is 489 g/mol. The van der Waals surface area contributed by atoms with Crippen molar-refractivity contribution >= 4 is 29.3 Å². The molecule has 34 heavy (non-hydrogen) atoms. The smallest absolute Gasteiger partial charge is 0.210 e. The first kappa shape index (κ1) is 26.0. The molecule has 0 fully saturated rings. The fourth-order valence-corrected chi connectivity index (χ4v) is 4.19. The van der Waals surface area contributed by atoms with Gasteiger partial charge in [0, 0.05) is 36.5 Å². The number of ether oxygens (including phenoxy) is 2. The Kier molecular flexibility index (Phi) is 9.36. The van der Waals surface area contributed by atoms with Crippen molar-refractivity contribution in [2.75, 3.05) is 38.7 Å². The largest absolute Gasteiger partial charge is 0.491 e. The molecule has 2 heterocycles. The van der Waals surface area contributed by atoms with E-state index in [-0.39, 0.29) is 19.3 Å². The molecule has 2 aromatic carbocycles. The Morgan fingerprint density at radius 1 is 1.24 bits per heavy atom. The van der Waals surface area contributed by atoms with E-state index in [0.29, 0.717) is 30.0 Å². The maximum Gasteiger partial charge on any atom is 0.210 e. The lowest BCUT2D eigenvalue weighted by molar-refractivity contribution is -0.119.